The van der Waals surface area contributed by atoms with Crippen LogP contribution in [-0.4, -0.2) is 18.6 Å². The Morgan fingerprint density at radius 2 is 1.73 bits per heavy atom. The maximum absolute atomic E-state index is 12.5. The van der Waals surface area contributed by atoms with Crippen LogP contribution in [0, 0.1) is 0 Å². The van der Waals surface area contributed by atoms with E-state index < -0.39 is 11.7 Å². The Kier molecular flexibility index (Phi) is 6.49. The number of ether oxygens (including phenoxy) is 1. The number of carbonyl (C=O) groups excluding carboxylic acids is 1. The summed E-state index contributed by atoms with van der Waals surface area (Å²) in [5.74, 6) is 0.371. The summed E-state index contributed by atoms with van der Waals surface area (Å²) in [6.45, 7) is 4.09. The van der Waals surface area contributed by atoms with E-state index in [0.717, 1.165) is 12.1 Å². The molecule has 4 nitrogen and oxygen atoms in total. The van der Waals surface area contributed by atoms with E-state index in [1.807, 2.05) is 19.9 Å². The van der Waals surface area contributed by atoms with E-state index in [2.05, 4.69) is 10.6 Å². The van der Waals surface area contributed by atoms with Crippen molar-refractivity contribution in [2.75, 3.05) is 17.2 Å². The second-order valence-electron chi connectivity index (χ2n) is 5.96. The number of hydrogen-bond donors (Lipinski definition) is 2. The molecule has 140 valence electrons. The lowest BCUT2D eigenvalue weighted by Gasteiger charge is -2.15. The first-order valence-electron chi connectivity index (χ1n) is 8.22. The molecule has 0 saturated heterocycles. The van der Waals surface area contributed by atoms with Crippen LogP contribution in [-0.2, 0) is 11.0 Å². The number of benzene rings is 2. The lowest BCUT2D eigenvalue weighted by Crippen LogP contribution is -2.17. The van der Waals surface area contributed by atoms with Crippen molar-refractivity contribution in [3.63, 3.8) is 0 Å². The van der Waals surface area contributed by atoms with Crippen molar-refractivity contribution in [2.24, 2.45) is 0 Å². The maximum Gasteiger partial charge on any atom is 0.416 e. The molecular formula is C19H21F3N2O2. The zero-order chi connectivity index (χ0) is 19.2. The normalized spacial score (nSPS) is 11.3. The van der Waals surface area contributed by atoms with E-state index in [4.69, 9.17) is 4.74 Å². The third kappa shape index (κ3) is 5.98. The van der Waals surface area contributed by atoms with Crippen LogP contribution in [0.3, 0.4) is 0 Å². The van der Waals surface area contributed by atoms with Crippen LogP contribution in [0.15, 0.2) is 48.5 Å². The molecule has 0 aromatic heterocycles. The first-order valence-corrected chi connectivity index (χ1v) is 8.22. The summed E-state index contributed by atoms with van der Waals surface area (Å²) in [6.07, 6.45) is -4.21. The summed E-state index contributed by atoms with van der Waals surface area (Å²) in [5.41, 5.74) is 0.401. The molecule has 2 rings (SSSR count). The molecule has 2 aromatic carbocycles. The SMILES string of the molecule is CC(C)Oc1ccccc1NC(=O)CCNc1ccc(C(F)(F)F)cc1. The molecule has 7 heteroatoms. The fraction of sp³-hybridized carbons (Fsp3) is 0.316. The molecule has 0 unspecified atom stereocenters. The highest BCUT2D eigenvalue weighted by Gasteiger charge is 2.29. The molecule has 2 aromatic rings. The number of amides is 1. The van der Waals surface area contributed by atoms with E-state index in [1.54, 1.807) is 18.2 Å². The van der Waals surface area contributed by atoms with Gasteiger partial charge in [0, 0.05) is 18.7 Å². The number of hydrogen-bond acceptors (Lipinski definition) is 3. The Bertz CT molecular complexity index is 728. The Morgan fingerprint density at radius 1 is 1.08 bits per heavy atom. The number of halogens is 3. The van der Waals surface area contributed by atoms with Gasteiger partial charge >= 0.3 is 6.18 Å². The maximum atomic E-state index is 12.5. The molecule has 0 bridgehead atoms. The second-order valence-corrected chi connectivity index (χ2v) is 5.96. The Balaban J connectivity index is 1.84. The standard InChI is InChI=1S/C19H21F3N2O2/c1-13(2)26-17-6-4-3-5-16(17)24-18(25)11-12-23-15-9-7-14(8-10-15)19(20,21)22/h3-10,13,23H,11-12H2,1-2H3,(H,24,25). The van der Waals surface area contributed by atoms with Crippen molar-refractivity contribution in [1.82, 2.24) is 0 Å². The molecule has 0 atom stereocenters. The molecule has 2 N–H and O–H groups in total. The van der Waals surface area contributed by atoms with Crippen LogP contribution in [0.2, 0.25) is 0 Å². The quantitative estimate of drug-likeness (QED) is 0.730. The first-order chi connectivity index (χ1) is 12.3. The van der Waals surface area contributed by atoms with Gasteiger partial charge in [-0.1, -0.05) is 12.1 Å². The average Bonchev–Trinajstić information content (AvgIpc) is 2.56. The lowest BCUT2D eigenvalue weighted by molar-refractivity contribution is -0.137. The summed E-state index contributed by atoms with van der Waals surface area (Å²) < 4.78 is 43.2. The van der Waals surface area contributed by atoms with E-state index in [9.17, 15) is 18.0 Å². The largest absolute Gasteiger partial charge is 0.489 e. The smallest absolute Gasteiger partial charge is 0.416 e. The molecular weight excluding hydrogens is 345 g/mol. The molecule has 0 aliphatic rings. The number of alkyl halides is 3. The Labute approximate surface area is 150 Å². The highest BCUT2D eigenvalue weighted by atomic mass is 19.4. The van der Waals surface area contributed by atoms with Gasteiger partial charge in [0.2, 0.25) is 5.91 Å². The lowest BCUT2D eigenvalue weighted by atomic mass is 10.2. The molecule has 0 fully saturated rings. The van der Waals surface area contributed by atoms with Crippen molar-refractivity contribution >= 4 is 17.3 Å². The van der Waals surface area contributed by atoms with Gasteiger partial charge in [0.05, 0.1) is 17.4 Å². The van der Waals surface area contributed by atoms with Crippen LogP contribution in [0.1, 0.15) is 25.8 Å². The zero-order valence-corrected chi connectivity index (χ0v) is 14.6. The van der Waals surface area contributed by atoms with Crippen molar-refractivity contribution in [2.45, 2.75) is 32.5 Å². The van der Waals surface area contributed by atoms with Gasteiger partial charge in [-0.05, 0) is 50.2 Å². The van der Waals surface area contributed by atoms with Gasteiger partial charge in [0.25, 0.3) is 0 Å². The summed E-state index contributed by atoms with van der Waals surface area (Å²) >= 11 is 0. The summed E-state index contributed by atoms with van der Waals surface area (Å²) in [6, 6.07) is 11.8. The fourth-order valence-corrected chi connectivity index (χ4v) is 2.24. The number of carbonyl (C=O) groups is 1. The molecule has 0 aliphatic heterocycles. The minimum Gasteiger partial charge on any atom is -0.489 e. The van der Waals surface area contributed by atoms with Crippen LogP contribution in [0.5, 0.6) is 5.75 Å². The van der Waals surface area contributed by atoms with Crippen molar-refractivity contribution in [3.8, 4) is 5.75 Å². The molecule has 1 amide bonds. The van der Waals surface area contributed by atoms with Gasteiger partial charge in [-0.3, -0.25) is 4.79 Å². The number of rotatable bonds is 7. The summed E-state index contributed by atoms with van der Waals surface area (Å²) in [7, 11) is 0. The summed E-state index contributed by atoms with van der Waals surface area (Å²) in [5, 5.41) is 5.71. The molecule has 0 radical (unpaired) electrons. The first kappa shape index (κ1) is 19.6. The van der Waals surface area contributed by atoms with Gasteiger partial charge in [0.15, 0.2) is 0 Å². The monoisotopic (exact) mass is 366 g/mol. The minimum atomic E-state index is -4.36. The van der Waals surface area contributed by atoms with Gasteiger partial charge in [-0.15, -0.1) is 0 Å². The van der Waals surface area contributed by atoms with Gasteiger partial charge in [0.1, 0.15) is 5.75 Å². The third-order valence-electron chi connectivity index (χ3n) is 3.42. The predicted octanol–water partition coefficient (Wildman–Crippen LogP) is 4.93. The van der Waals surface area contributed by atoms with Crippen molar-refractivity contribution in [3.05, 3.63) is 54.1 Å². The predicted molar refractivity (Wildman–Crippen MR) is 95.4 cm³/mol. The second kappa shape index (κ2) is 8.60. The van der Waals surface area contributed by atoms with E-state index >= 15 is 0 Å². The van der Waals surface area contributed by atoms with Gasteiger partial charge in [-0.25, -0.2) is 0 Å². The third-order valence-corrected chi connectivity index (χ3v) is 3.42. The van der Waals surface area contributed by atoms with E-state index in [1.165, 1.54) is 12.1 Å². The van der Waals surface area contributed by atoms with Crippen LogP contribution >= 0.6 is 0 Å². The number of anilines is 2. The molecule has 0 heterocycles. The number of para-hydroxylation sites is 2. The molecule has 0 spiro atoms. The van der Waals surface area contributed by atoms with E-state index in [-0.39, 0.29) is 18.4 Å². The van der Waals surface area contributed by atoms with Crippen LogP contribution in [0.25, 0.3) is 0 Å². The topological polar surface area (TPSA) is 50.4 Å². The fourth-order valence-electron chi connectivity index (χ4n) is 2.24. The minimum absolute atomic E-state index is 0.0191. The van der Waals surface area contributed by atoms with E-state index in [0.29, 0.717) is 23.7 Å². The molecule has 26 heavy (non-hydrogen) atoms. The summed E-state index contributed by atoms with van der Waals surface area (Å²) in [4.78, 5) is 12.1. The van der Waals surface area contributed by atoms with Gasteiger partial charge in [-0.2, -0.15) is 13.2 Å². The molecule has 0 saturated carbocycles. The zero-order valence-electron chi connectivity index (χ0n) is 14.6. The Hall–Kier alpha value is -2.70. The number of nitrogens with one attached hydrogen (secondary N) is 2. The van der Waals surface area contributed by atoms with Gasteiger partial charge < -0.3 is 15.4 Å². The Morgan fingerprint density at radius 3 is 2.35 bits per heavy atom. The van der Waals surface area contributed by atoms with Crippen molar-refractivity contribution in [1.29, 1.82) is 0 Å². The van der Waals surface area contributed by atoms with Crippen LogP contribution < -0.4 is 15.4 Å². The molecule has 0 aliphatic carbocycles. The average molecular weight is 366 g/mol. The van der Waals surface area contributed by atoms with Crippen LogP contribution in [0.4, 0.5) is 24.5 Å². The highest BCUT2D eigenvalue weighted by molar-refractivity contribution is 5.92. The van der Waals surface area contributed by atoms with Crippen molar-refractivity contribution < 1.29 is 22.7 Å². The highest BCUT2D eigenvalue weighted by Crippen LogP contribution is 2.29.